The third-order valence-electron chi connectivity index (χ3n) is 3.73. The van der Waals surface area contributed by atoms with Gasteiger partial charge in [0.1, 0.15) is 0 Å². The molecule has 0 aromatic heterocycles. The summed E-state index contributed by atoms with van der Waals surface area (Å²) in [6.07, 6.45) is 0.918. The summed E-state index contributed by atoms with van der Waals surface area (Å²) in [5, 5.41) is 2.79. The van der Waals surface area contributed by atoms with Crippen LogP contribution in [0, 0.1) is 3.57 Å². The molecule has 0 aliphatic heterocycles. The Hall–Kier alpha value is -1.60. The van der Waals surface area contributed by atoms with E-state index < -0.39 is 11.9 Å². The van der Waals surface area contributed by atoms with Gasteiger partial charge in [0.15, 0.2) is 0 Å². The first kappa shape index (κ1) is 18.7. The number of nitrogens with one attached hydrogen (secondary N) is 1. The minimum atomic E-state index is -1.08. The Morgan fingerprint density at radius 3 is 2.42 bits per heavy atom. The van der Waals surface area contributed by atoms with E-state index in [1.54, 1.807) is 7.11 Å². The van der Waals surface area contributed by atoms with Crippen LogP contribution in [0.25, 0.3) is 0 Å². The fraction of sp³-hybridized carbons (Fsp3) is 0.316. The predicted molar refractivity (Wildman–Crippen MR) is 103 cm³/mol. The van der Waals surface area contributed by atoms with Crippen LogP contribution in [-0.2, 0) is 21.8 Å². The summed E-state index contributed by atoms with van der Waals surface area (Å²) in [5.74, 6) is -1.08. The van der Waals surface area contributed by atoms with E-state index in [-0.39, 0.29) is 0 Å². The van der Waals surface area contributed by atoms with E-state index in [1.807, 2.05) is 61.5 Å². The minimum Gasteiger partial charge on any atom is -0.412 e. The Bertz CT molecular complexity index is 663. The summed E-state index contributed by atoms with van der Waals surface area (Å²) >= 11 is 2.23. The molecular formula is C19H22INO3. The molecule has 2 aromatic rings. The lowest BCUT2D eigenvalue weighted by Gasteiger charge is -2.32. The van der Waals surface area contributed by atoms with Gasteiger partial charge < -0.3 is 14.8 Å². The minimum absolute atomic E-state index is 0.414. The third-order valence-corrected chi connectivity index (χ3v) is 4.67. The van der Waals surface area contributed by atoms with Gasteiger partial charge in [0.25, 0.3) is 0 Å². The number of methoxy groups -OCH3 is 1. The molecular weight excluding hydrogens is 417 g/mol. The molecule has 4 nitrogen and oxygen atoms in total. The summed E-state index contributed by atoms with van der Waals surface area (Å²) in [6.45, 7) is 2.45. The summed E-state index contributed by atoms with van der Waals surface area (Å²) in [6, 6.07) is 17.5. The topological polar surface area (TPSA) is 47.6 Å². The summed E-state index contributed by atoms with van der Waals surface area (Å²) in [7, 11) is 1.57. The SMILES string of the molecule is CCC[C@](OC)(OC(=O)NCc1ccccc1)c1ccccc1I. The lowest BCUT2D eigenvalue weighted by Crippen LogP contribution is -2.39. The molecule has 0 bridgehead atoms. The van der Waals surface area contributed by atoms with Gasteiger partial charge >= 0.3 is 6.09 Å². The molecule has 0 saturated carbocycles. The van der Waals surface area contributed by atoms with Crippen LogP contribution in [0.5, 0.6) is 0 Å². The van der Waals surface area contributed by atoms with Crippen LogP contribution in [-0.4, -0.2) is 13.2 Å². The smallest absolute Gasteiger partial charge is 0.410 e. The monoisotopic (exact) mass is 439 g/mol. The lowest BCUT2D eigenvalue weighted by atomic mass is 10.0. The second kappa shape index (κ2) is 9.03. The molecule has 2 rings (SSSR count). The van der Waals surface area contributed by atoms with Gasteiger partial charge in [-0.25, -0.2) is 4.79 Å². The Balaban J connectivity index is 2.13. The van der Waals surface area contributed by atoms with Crippen molar-refractivity contribution >= 4 is 28.7 Å². The van der Waals surface area contributed by atoms with Crippen molar-refractivity contribution in [2.24, 2.45) is 0 Å². The highest BCUT2D eigenvalue weighted by molar-refractivity contribution is 14.1. The molecule has 0 aliphatic carbocycles. The Morgan fingerprint density at radius 2 is 1.79 bits per heavy atom. The molecule has 2 aromatic carbocycles. The summed E-state index contributed by atoms with van der Waals surface area (Å²) < 4.78 is 12.4. The maximum Gasteiger partial charge on any atom is 0.410 e. The van der Waals surface area contributed by atoms with Crippen molar-refractivity contribution in [1.29, 1.82) is 0 Å². The lowest BCUT2D eigenvalue weighted by molar-refractivity contribution is -0.199. The van der Waals surface area contributed by atoms with Crippen molar-refractivity contribution < 1.29 is 14.3 Å². The van der Waals surface area contributed by atoms with Crippen LogP contribution in [0.1, 0.15) is 30.9 Å². The van der Waals surface area contributed by atoms with E-state index in [9.17, 15) is 4.79 Å². The van der Waals surface area contributed by atoms with Crippen molar-refractivity contribution in [2.45, 2.75) is 32.1 Å². The number of amides is 1. The zero-order chi connectivity index (χ0) is 17.4. The van der Waals surface area contributed by atoms with Crippen molar-refractivity contribution in [3.63, 3.8) is 0 Å². The molecule has 24 heavy (non-hydrogen) atoms. The van der Waals surface area contributed by atoms with Crippen LogP contribution in [0.15, 0.2) is 54.6 Å². The van der Waals surface area contributed by atoms with E-state index in [0.717, 1.165) is 21.1 Å². The highest BCUT2D eigenvalue weighted by Gasteiger charge is 2.37. The molecule has 0 unspecified atom stereocenters. The average Bonchev–Trinajstić information content (AvgIpc) is 2.61. The van der Waals surface area contributed by atoms with Crippen molar-refractivity contribution in [2.75, 3.05) is 7.11 Å². The van der Waals surface area contributed by atoms with Gasteiger partial charge in [-0.3, -0.25) is 0 Å². The standard InChI is InChI=1S/C19H22INO3/c1-3-13-19(23-2,16-11-7-8-12-17(16)20)24-18(22)21-14-15-9-5-4-6-10-15/h4-12H,3,13-14H2,1-2H3,(H,21,22)/t19-/m0/s1. The molecule has 5 heteroatoms. The summed E-state index contributed by atoms with van der Waals surface area (Å²) in [5.41, 5.74) is 1.88. The zero-order valence-corrected chi connectivity index (χ0v) is 16.1. The molecule has 0 aliphatic rings. The van der Waals surface area contributed by atoms with Crippen molar-refractivity contribution in [3.05, 3.63) is 69.3 Å². The van der Waals surface area contributed by atoms with Gasteiger partial charge in [-0.2, -0.15) is 0 Å². The number of rotatable bonds is 7. The van der Waals surface area contributed by atoms with Crippen LogP contribution >= 0.6 is 22.6 Å². The molecule has 1 amide bonds. The maximum absolute atomic E-state index is 12.3. The largest absolute Gasteiger partial charge is 0.412 e. The van der Waals surface area contributed by atoms with E-state index in [4.69, 9.17) is 9.47 Å². The Morgan fingerprint density at radius 1 is 1.12 bits per heavy atom. The van der Waals surface area contributed by atoms with Gasteiger partial charge in [-0.1, -0.05) is 55.5 Å². The molecule has 0 heterocycles. The van der Waals surface area contributed by atoms with Gasteiger partial charge in [-0.05, 0) is 40.6 Å². The van der Waals surface area contributed by atoms with Crippen molar-refractivity contribution in [3.8, 4) is 0 Å². The first-order valence-electron chi connectivity index (χ1n) is 7.92. The second-order valence-electron chi connectivity index (χ2n) is 5.42. The molecule has 1 atom stereocenters. The Labute approximate surface area is 156 Å². The normalized spacial score (nSPS) is 13.1. The van der Waals surface area contributed by atoms with Crippen LogP contribution in [0.2, 0.25) is 0 Å². The highest BCUT2D eigenvalue weighted by atomic mass is 127. The van der Waals surface area contributed by atoms with E-state index >= 15 is 0 Å². The molecule has 0 saturated heterocycles. The fourth-order valence-corrected chi connectivity index (χ4v) is 3.35. The van der Waals surface area contributed by atoms with Gasteiger partial charge in [-0.15, -0.1) is 0 Å². The number of carbonyl (C=O) groups is 1. The Kier molecular flexibility index (Phi) is 7.05. The third kappa shape index (κ3) is 4.70. The second-order valence-corrected chi connectivity index (χ2v) is 6.58. The number of alkyl carbamates (subject to hydrolysis) is 1. The quantitative estimate of drug-likeness (QED) is 0.497. The molecule has 0 fully saturated rings. The van der Waals surface area contributed by atoms with Crippen LogP contribution in [0.3, 0.4) is 0 Å². The summed E-state index contributed by atoms with van der Waals surface area (Å²) in [4.78, 5) is 12.3. The first-order valence-corrected chi connectivity index (χ1v) is 9.00. The van der Waals surface area contributed by atoms with E-state index in [0.29, 0.717) is 13.0 Å². The van der Waals surface area contributed by atoms with E-state index in [2.05, 4.69) is 27.9 Å². The highest BCUT2D eigenvalue weighted by Crippen LogP contribution is 2.34. The van der Waals surface area contributed by atoms with Gasteiger partial charge in [0.05, 0.1) is 0 Å². The number of carbonyl (C=O) groups excluding carboxylic acids is 1. The van der Waals surface area contributed by atoms with Crippen LogP contribution < -0.4 is 5.32 Å². The van der Waals surface area contributed by atoms with Gasteiger partial charge in [0, 0.05) is 29.2 Å². The average molecular weight is 439 g/mol. The fourth-order valence-electron chi connectivity index (χ4n) is 2.55. The molecule has 0 radical (unpaired) electrons. The predicted octanol–water partition coefficient (Wildman–Crippen LogP) is 4.82. The van der Waals surface area contributed by atoms with Gasteiger partial charge in [0.2, 0.25) is 5.79 Å². The molecule has 0 spiro atoms. The first-order chi connectivity index (χ1) is 11.6. The van der Waals surface area contributed by atoms with Crippen molar-refractivity contribution in [1.82, 2.24) is 5.32 Å². The molecule has 128 valence electrons. The number of hydrogen-bond acceptors (Lipinski definition) is 3. The van der Waals surface area contributed by atoms with Crippen LogP contribution in [0.4, 0.5) is 4.79 Å². The number of ether oxygens (including phenoxy) is 2. The number of benzene rings is 2. The van der Waals surface area contributed by atoms with E-state index in [1.165, 1.54) is 0 Å². The molecule has 1 N–H and O–H groups in total. The number of hydrogen-bond donors (Lipinski definition) is 1. The number of halogens is 1. The maximum atomic E-state index is 12.3. The zero-order valence-electron chi connectivity index (χ0n) is 13.9.